The minimum atomic E-state index is 0.201. The van der Waals surface area contributed by atoms with Crippen molar-refractivity contribution in [3.8, 4) is 0 Å². The summed E-state index contributed by atoms with van der Waals surface area (Å²) in [4.78, 5) is 29.2. The number of nitrogens with zero attached hydrogens (tertiary/aromatic N) is 2. The van der Waals surface area contributed by atoms with Crippen LogP contribution in [0.25, 0.3) is 0 Å². The molecule has 0 aromatic heterocycles. The van der Waals surface area contributed by atoms with Gasteiger partial charge in [-0.05, 0) is 31.1 Å². The van der Waals surface area contributed by atoms with Crippen LogP contribution >= 0.6 is 0 Å². The van der Waals surface area contributed by atoms with Crippen molar-refractivity contribution in [3.63, 3.8) is 0 Å². The van der Waals surface area contributed by atoms with Crippen molar-refractivity contribution in [3.05, 3.63) is 0 Å². The highest BCUT2D eigenvalue weighted by atomic mass is 16.2. The van der Waals surface area contributed by atoms with Crippen molar-refractivity contribution in [2.75, 3.05) is 32.7 Å². The Labute approximate surface area is 145 Å². The molecule has 24 heavy (non-hydrogen) atoms. The molecule has 0 radical (unpaired) electrons. The summed E-state index contributed by atoms with van der Waals surface area (Å²) < 4.78 is 0. The van der Waals surface area contributed by atoms with Crippen LogP contribution in [0.4, 0.5) is 0 Å². The van der Waals surface area contributed by atoms with Crippen LogP contribution in [0.5, 0.6) is 0 Å². The minimum absolute atomic E-state index is 0.201. The predicted octanol–water partition coefficient (Wildman–Crippen LogP) is 1.63. The van der Waals surface area contributed by atoms with Gasteiger partial charge in [-0.1, -0.05) is 32.1 Å². The van der Waals surface area contributed by atoms with E-state index in [9.17, 15) is 9.59 Å². The molecule has 2 amide bonds. The minimum Gasteiger partial charge on any atom is -0.340 e. The Bertz CT molecular complexity index is 489. The summed E-state index contributed by atoms with van der Waals surface area (Å²) in [6.07, 6.45) is 9.99. The third kappa shape index (κ3) is 3.32. The first-order chi connectivity index (χ1) is 11.7. The zero-order valence-electron chi connectivity index (χ0n) is 14.7. The number of piperazine rings is 1. The van der Waals surface area contributed by atoms with E-state index in [1.807, 2.05) is 4.90 Å². The van der Waals surface area contributed by atoms with Crippen molar-refractivity contribution < 1.29 is 9.59 Å². The molecule has 134 valence electrons. The summed E-state index contributed by atoms with van der Waals surface area (Å²) in [6.45, 7) is 3.78. The second-order valence-electron chi connectivity index (χ2n) is 8.25. The Morgan fingerprint density at radius 1 is 1.04 bits per heavy atom. The van der Waals surface area contributed by atoms with Crippen molar-refractivity contribution in [2.45, 2.75) is 57.4 Å². The Hall–Kier alpha value is -1.10. The summed E-state index contributed by atoms with van der Waals surface area (Å²) in [6, 6.07) is 0.240. The Kier molecular flexibility index (Phi) is 4.79. The third-order valence-electron chi connectivity index (χ3n) is 6.69. The quantitative estimate of drug-likeness (QED) is 0.854. The molecule has 4 aliphatic rings. The summed E-state index contributed by atoms with van der Waals surface area (Å²) >= 11 is 0. The number of rotatable bonds is 3. The van der Waals surface area contributed by atoms with Gasteiger partial charge in [-0.2, -0.15) is 0 Å². The lowest BCUT2D eigenvalue weighted by molar-refractivity contribution is -0.141. The average Bonchev–Trinajstić information content (AvgIpc) is 3.43. The van der Waals surface area contributed by atoms with Gasteiger partial charge in [0, 0.05) is 38.1 Å². The van der Waals surface area contributed by atoms with Gasteiger partial charge >= 0.3 is 0 Å². The number of piperidine rings is 1. The molecule has 5 heteroatoms. The van der Waals surface area contributed by atoms with Crippen LogP contribution in [-0.4, -0.2) is 60.4 Å². The molecule has 2 heterocycles. The van der Waals surface area contributed by atoms with E-state index in [-0.39, 0.29) is 11.9 Å². The SMILES string of the molecule is O=C(C1CC1C1CCCCC1)N1CCCC(N2CCNCC2=O)C1. The van der Waals surface area contributed by atoms with Crippen LogP contribution in [0.3, 0.4) is 0 Å². The Balaban J connectivity index is 1.32. The first-order valence-electron chi connectivity index (χ1n) is 10.0. The molecular formula is C19H31N3O2. The maximum atomic E-state index is 12.9. The summed E-state index contributed by atoms with van der Waals surface area (Å²) in [5.41, 5.74) is 0. The zero-order valence-corrected chi connectivity index (χ0v) is 14.7. The van der Waals surface area contributed by atoms with Crippen molar-refractivity contribution in [1.82, 2.24) is 15.1 Å². The fourth-order valence-corrected chi connectivity index (χ4v) is 5.23. The molecule has 3 atom stereocenters. The normalized spacial score (nSPS) is 35.2. The number of hydrogen-bond acceptors (Lipinski definition) is 3. The first-order valence-corrected chi connectivity index (χ1v) is 10.0. The Morgan fingerprint density at radius 2 is 1.88 bits per heavy atom. The van der Waals surface area contributed by atoms with Gasteiger partial charge in [0.2, 0.25) is 11.8 Å². The monoisotopic (exact) mass is 333 g/mol. The van der Waals surface area contributed by atoms with Gasteiger partial charge in [0.15, 0.2) is 0 Å². The largest absolute Gasteiger partial charge is 0.340 e. The standard InChI is InChI=1S/C19H31N3O2/c23-18-12-20-8-10-22(18)15-7-4-9-21(13-15)19(24)17-11-16(17)14-5-2-1-3-6-14/h14-17,20H,1-13H2. The molecule has 2 aliphatic heterocycles. The summed E-state index contributed by atoms with van der Waals surface area (Å²) in [7, 11) is 0. The molecule has 0 aromatic rings. The van der Waals surface area contributed by atoms with E-state index < -0.39 is 0 Å². The smallest absolute Gasteiger partial charge is 0.236 e. The molecule has 0 aromatic carbocycles. The maximum absolute atomic E-state index is 12.9. The molecule has 4 fully saturated rings. The van der Waals surface area contributed by atoms with Gasteiger partial charge < -0.3 is 15.1 Å². The van der Waals surface area contributed by atoms with Crippen LogP contribution < -0.4 is 5.32 Å². The van der Waals surface area contributed by atoms with Gasteiger partial charge in [0.1, 0.15) is 0 Å². The van der Waals surface area contributed by atoms with Gasteiger partial charge in [-0.3, -0.25) is 9.59 Å². The summed E-state index contributed by atoms with van der Waals surface area (Å²) in [5.74, 6) is 2.36. The first kappa shape index (κ1) is 16.4. The fourth-order valence-electron chi connectivity index (χ4n) is 5.23. The molecule has 0 spiro atoms. The molecule has 2 aliphatic carbocycles. The van der Waals surface area contributed by atoms with Gasteiger partial charge in [0.05, 0.1) is 6.54 Å². The van der Waals surface area contributed by atoms with E-state index in [0.717, 1.165) is 51.4 Å². The van der Waals surface area contributed by atoms with Gasteiger partial charge in [-0.15, -0.1) is 0 Å². The molecule has 1 N–H and O–H groups in total. The van der Waals surface area contributed by atoms with Crippen LogP contribution in [0.2, 0.25) is 0 Å². The summed E-state index contributed by atoms with van der Waals surface area (Å²) in [5, 5.41) is 3.14. The average molecular weight is 333 g/mol. The molecule has 2 saturated carbocycles. The topological polar surface area (TPSA) is 52.7 Å². The van der Waals surface area contributed by atoms with Crippen molar-refractivity contribution in [2.24, 2.45) is 17.8 Å². The van der Waals surface area contributed by atoms with Gasteiger partial charge in [0.25, 0.3) is 0 Å². The lowest BCUT2D eigenvalue weighted by Gasteiger charge is -2.41. The molecule has 3 unspecified atom stereocenters. The van der Waals surface area contributed by atoms with E-state index in [1.165, 1.54) is 32.1 Å². The number of likely N-dealkylation sites (tertiary alicyclic amines) is 1. The molecule has 2 saturated heterocycles. The van der Waals surface area contributed by atoms with Crippen molar-refractivity contribution >= 4 is 11.8 Å². The van der Waals surface area contributed by atoms with Crippen LogP contribution in [0.15, 0.2) is 0 Å². The molecule has 4 rings (SSSR count). The lowest BCUT2D eigenvalue weighted by atomic mass is 9.85. The van der Waals surface area contributed by atoms with Crippen molar-refractivity contribution in [1.29, 1.82) is 0 Å². The van der Waals surface area contributed by atoms with E-state index in [2.05, 4.69) is 10.2 Å². The van der Waals surface area contributed by atoms with E-state index >= 15 is 0 Å². The third-order valence-corrected chi connectivity index (χ3v) is 6.69. The Morgan fingerprint density at radius 3 is 2.67 bits per heavy atom. The predicted molar refractivity (Wildman–Crippen MR) is 92.4 cm³/mol. The fraction of sp³-hybridized carbons (Fsp3) is 0.895. The number of nitrogens with one attached hydrogen (secondary N) is 1. The van der Waals surface area contributed by atoms with E-state index in [4.69, 9.17) is 0 Å². The lowest BCUT2D eigenvalue weighted by Crippen LogP contribution is -2.57. The van der Waals surface area contributed by atoms with Gasteiger partial charge in [-0.25, -0.2) is 0 Å². The second kappa shape index (κ2) is 7.03. The number of carbonyl (C=O) groups is 2. The number of carbonyl (C=O) groups excluding carboxylic acids is 2. The van der Waals surface area contributed by atoms with Crippen LogP contribution in [0.1, 0.15) is 51.4 Å². The van der Waals surface area contributed by atoms with Crippen LogP contribution in [-0.2, 0) is 9.59 Å². The molecule has 5 nitrogen and oxygen atoms in total. The second-order valence-corrected chi connectivity index (χ2v) is 8.25. The highest BCUT2D eigenvalue weighted by molar-refractivity contribution is 5.82. The maximum Gasteiger partial charge on any atom is 0.236 e. The van der Waals surface area contributed by atoms with E-state index in [1.54, 1.807) is 0 Å². The number of amides is 2. The van der Waals surface area contributed by atoms with Crippen LogP contribution in [0, 0.1) is 17.8 Å². The zero-order chi connectivity index (χ0) is 16.5. The highest BCUT2D eigenvalue weighted by Gasteiger charge is 2.49. The molecular weight excluding hydrogens is 302 g/mol. The van der Waals surface area contributed by atoms with E-state index in [0.29, 0.717) is 24.3 Å². The molecule has 0 bridgehead atoms. The number of hydrogen-bond donors (Lipinski definition) is 1. The highest BCUT2D eigenvalue weighted by Crippen LogP contribution is 2.50.